The molecule has 0 spiro atoms. The second-order valence-electron chi connectivity index (χ2n) is 11.3. The number of rotatable bonds is 10. The average Bonchev–Trinajstić information content (AvgIpc) is 2.87. The van der Waals surface area contributed by atoms with Gasteiger partial charge >= 0.3 is 0 Å². The molecule has 8 heteroatoms. The van der Waals surface area contributed by atoms with Crippen molar-refractivity contribution in [1.29, 1.82) is 0 Å². The smallest absolute Gasteiger partial charge is 0.264 e. The van der Waals surface area contributed by atoms with E-state index in [0.29, 0.717) is 12.1 Å². The van der Waals surface area contributed by atoms with Crippen molar-refractivity contribution in [2.24, 2.45) is 0 Å². The lowest BCUT2D eigenvalue weighted by Crippen LogP contribution is -2.55. The highest BCUT2D eigenvalue weighted by Gasteiger charge is 2.34. The summed E-state index contributed by atoms with van der Waals surface area (Å²) in [6.45, 7) is 13.0. The van der Waals surface area contributed by atoms with Crippen molar-refractivity contribution in [3.63, 3.8) is 0 Å². The Balaban J connectivity index is 2.07. The van der Waals surface area contributed by atoms with E-state index in [1.165, 1.54) is 4.90 Å². The second-order valence-corrected chi connectivity index (χ2v) is 13.2. The topological polar surface area (TPSA) is 86.8 Å². The number of hydrogen-bond acceptors (Lipinski definition) is 4. The van der Waals surface area contributed by atoms with Crippen LogP contribution >= 0.6 is 0 Å². The van der Waals surface area contributed by atoms with Crippen molar-refractivity contribution >= 4 is 27.5 Å². The Labute approximate surface area is 239 Å². The molecule has 0 saturated heterocycles. The summed E-state index contributed by atoms with van der Waals surface area (Å²) in [5, 5.41) is 2.99. The van der Waals surface area contributed by atoms with E-state index in [1.54, 1.807) is 42.5 Å². The van der Waals surface area contributed by atoms with Crippen LogP contribution in [0, 0.1) is 20.8 Å². The minimum atomic E-state index is -4.09. The number of benzene rings is 3. The highest BCUT2D eigenvalue weighted by atomic mass is 32.2. The highest BCUT2D eigenvalue weighted by Crippen LogP contribution is 2.26. The zero-order chi connectivity index (χ0) is 29.7. The van der Waals surface area contributed by atoms with Crippen LogP contribution in [0.5, 0.6) is 0 Å². The lowest BCUT2D eigenvalue weighted by Gasteiger charge is -2.35. The first kappa shape index (κ1) is 30.9. The molecule has 0 unspecified atom stereocenters. The van der Waals surface area contributed by atoms with Gasteiger partial charge in [0.15, 0.2) is 0 Å². The van der Waals surface area contributed by atoms with Gasteiger partial charge in [-0.1, -0.05) is 66.6 Å². The van der Waals surface area contributed by atoms with Crippen molar-refractivity contribution in [2.75, 3.05) is 10.8 Å². The summed E-state index contributed by atoms with van der Waals surface area (Å²) in [5.74, 6) is -0.743. The number of carbonyl (C=O) groups excluding carboxylic acids is 2. The molecular formula is C32H41N3O4S. The quantitative estimate of drug-likeness (QED) is 0.352. The molecule has 0 aliphatic heterocycles. The molecule has 3 aromatic rings. The third-order valence-electron chi connectivity index (χ3n) is 6.54. The zero-order valence-electron chi connectivity index (χ0n) is 24.6. The van der Waals surface area contributed by atoms with Crippen molar-refractivity contribution < 1.29 is 18.0 Å². The lowest BCUT2D eigenvalue weighted by molar-refractivity contribution is -0.141. The summed E-state index contributed by atoms with van der Waals surface area (Å²) in [5.41, 5.74) is 3.61. The molecule has 0 radical (unpaired) electrons. The summed E-state index contributed by atoms with van der Waals surface area (Å²) in [6.07, 6.45) is 0.370. The Kier molecular flexibility index (Phi) is 9.79. The van der Waals surface area contributed by atoms with Crippen LogP contribution in [0.4, 0.5) is 5.69 Å². The maximum absolute atomic E-state index is 14.1. The van der Waals surface area contributed by atoms with Crippen LogP contribution < -0.4 is 9.62 Å². The lowest BCUT2D eigenvalue weighted by atomic mass is 10.1. The van der Waals surface area contributed by atoms with E-state index in [4.69, 9.17) is 0 Å². The predicted molar refractivity (Wildman–Crippen MR) is 161 cm³/mol. The Morgan fingerprint density at radius 2 is 1.43 bits per heavy atom. The molecule has 0 aromatic heterocycles. The largest absolute Gasteiger partial charge is 0.350 e. The van der Waals surface area contributed by atoms with Crippen LogP contribution in [0.25, 0.3) is 0 Å². The molecule has 2 amide bonds. The van der Waals surface area contributed by atoms with Crippen LogP contribution in [0.2, 0.25) is 0 Å². The van der Waals surface area contributed by atoms with E-state index in [9.17, 15) is 18.0 Å². The van der Waals surface area contributed by atoms with E-state index < -0.39 is 34.1 Å². The van der Waals surface area contributed by atoms with Crippen molar-refractivity contribution in [1.82, 2.24) is 10.2 Å². The summed E-state index contributed by atoms with van der Waals surface area (Å²) in [4.78, 5) is 29.1. The van der Waals surface area contributed by atoms with Gasteiger partial charge in [-0.05, 0) is 83.4 Å². The molecule has 40 heavy (non-hydrogen) atoms. The first-order chi connectivity index (χ1) is 18.7. The van der Waals surface area contributed by atoms with Gasteiger partial charge in [0.25, 0.3) is 10.0 Å². The summed E-state index contributed by atoms with van der Waals surface area (Å²) in [7, 11) is -4.09. The number of nitrogens with one attached hydrogen (secondary N) is 1. The van der Waals surface area contributed by atoms with Gasteiger partial charge in [-0.2, -0.15) is 0 Å². The third kappa shape index (κ3) is 7.94. The van der Waals surface area contributed by atoms with Crippen molar-refractivity contribution in [3.8, 4) is 0 Å². The van der Waals surface area contributed by atoms with E-state index in [-0.39, 0.29) is 17.3 Å². The molecule has 1 N–H and O–H groups in total. The normalized spacial score (nSPS) is 12.5. The molecule has 0 aliphatic rings. The van der Waals surface area contributed by atoms with Crippen LogP contribution in [0.3, 0.4) is 0 Å². The molecule has 0 aliphatic carbocycles. The molecule has 3 rings (SSSR count). The molecule has 0 bridgehead atoms. The number of amides is 2. The third-order valence-corrected chi connectivity index (χ3v) is 8.32. The van der Waals surface area contributed by atoms with E-state index in [2.05, 4.69) is 5.32 Å². The van der Waals surface area contributed by atoms with Gasteiger partial charge in [0.1, 0.15) is 12.6 Å². The van der Waals surface area contributed by atoms with Gasteiger partial charge in [-0.25, -0.2) is 8.42 Å². The molecule has 7 nitrogen and oxygen atoms in total. The predicted octanol–water partition coefficient (Wildman–Crippen LogP) is 5.53. The summed E-state index contributed by atoms with van der Waals surface area (Å²) >= 11 is 0. The molecule has 1 atom stereocenters. The van der Waals surface area contributed by atoms with Gasteiger partial charge in [0, 0.05) is 12.1 Å². The first-order valence-corrected chi connectivity index (χ1v) is 15.0. The zero-order valence-corrected chi connectivity index (χ0v) is 25.4. The number of nitrogens with zero attached hydrogens (tertiary/aromatic N) is 2. The van der Waals surface area contributed by atoms with Gasteiger partial charge in [-0.3, -0.25) is 13.9 Å². The van der Waals surface area contributed by atoms with Gasteiger partial charge in [0.2, 0.25) is 11.8 Å². The maximum atomic E-state index is 14.1. The monoisotopic (exact) mass is 563 g/mol. The first-order valence-electron chi connectivity index (χ1n) is 13.5. The standard InChI is InChI=1S/C32H41N3O4S/c1-8-29(31(37)33-32(5,6)7)34(21-26-16-12-23(2)13-17-26)30(36)22-35(27-11-9-10-25(4)20-27)40(38,39)28-18-14-24(3)15-19-28/h9-20,29H,8,21-22H2,1-7H3,(H,33,37)/t29-/m1/s1. The molecule has 3 aromatic carbocycles. The van der Waals surface area contributed by atoms with Crippen LogP contribution in [0.1, 0.15) is 56.4 Å². The van der Waals surface area contributed by atoms with Gasteiger partial charge < -0.3 is 10.2 Å². The Bertz CT molecular complexity index is 1430. The Morgan fingerprint density at radius 1 is 0.850 bits per heavy atom. The van der Waals surface area contributed by atoms with Crippen LogP contribution in [-0.4, -0.2) is 43.3 Å². The van der Waals surface area contributed by atoms with Crippen LogP contribution in [-0.2, 0) is 26.2 Å². The summed E-state index contributed by atoms with van der Waals surface area (Å²) < 4.78 is 29.0. The van der Waals surface area contributed by atoms with E-state index in [0.717, 1.165) is 26.6 Å². The Morgan fingerprint density at radius 3 is 1.95 bits per heavy atom. The van der Waals surface area contributed by atoms with E-state index >= 15 is 0 Å². The second kappa shape index (κ2) is 12.7. The number of carbonyl (C=O) groups is 2. The van der Waals surface area contributed by atoms with Gasteiger partial charge in [0.05, 0.1) is 10.6 Å². The minimum Gasteiger partial charge on any atom is -0.350 e. The molecule has 214 valence electrons. The average molecular weight is 564 g/mol. The highest BCUT2D eigenvalue weighted by molar-refractivity contribution is 7.92. The SMILES string of the molecule is CC[C@H](C(=O)NC(C)(C)C)N(Cc1ccc(C)cc1)C(=O)CN(c1cccc(C)c1)S(=O)(=O)c1ccc(C)cc1. The Hall–Kier alpha value is -3.65. The van der Waals surface area contributed by atoms with Crippen molar-refractivity contribution in [2.45, 2.75) is 77.9 Å². The number of sulfonamides is 1. The van der Waals surface area contributed by atoms with Crippen LogP contribution in [0.15, 0.2) is 77.7 Å². The van der Waals surface area contributed by atoms with Gasteiger partial charge in [-0.15, -0.1) is 0 Å². The molecule has 0 saturated carbocycles. The fourth-order valence-corrected chi connectivity index (χ4v) is 5.82. The molecule has 0 fully saturated rings. The minimum absolute atomic E-state index is 0.0926. The maximum Gasteiger partial charge on any atom is 0.264 e. The number of hydrogen-bond donors (Lipinski definition) is 1. The summed E-state index contributed by atoms with van der Waals surface area (Å²) in [6, 6.07) is 20.6. The van der Waals surface area contributed by atoms with E-state index in [1.807, 2.05) is 78.8 Å². The number of aryl methyl sites for hydroxylation is 3. The van der Waals surface area contributed by atoms with Crippen molar-refractivity contribution in [3.05, 3.63) is 95.1 Å². The number of anilines is 1. The molecule has 0 heterocycles. The molecular weight excluding hydrogens is 522 g/mol. The fraction of sp³-hybridized carbons (Fsp3) is 0.375. The fourth-order valence-electron chi connectivity index (χ4n) is 4.41.